The van der Waals surface area contributed by atoms with E-state index in [-0.39, 0.29) is 5.69 Å². The number of nitriles is 1. The van der Waals surface area contributed by atoms with E-state index in [4.69, 9.17) is 0 Å². The molecular formula is C21H17N5OS. The maximum atomic E-state index is 12.1. The molecule has 0 amide bonds. The second kappa shape index (κ2) is 8.11. The largest absolute Gasteiger partial charge is 0.326 e. The first-order valence-corrected chi connectivity index (χ1v) is 9.87. The zero-order valence-electron chi connectivity index (χ0n) is 15.0. The van der Waals surface area contributed by atoms with Crippen molar-refractivity contribution < 1.29 is 0 Å². The number of nitrogens with zero attached hydrogens (tertiary/aromatic N) is 4. The van der Waals surface area contributed by atoms with Crippen LogP contribution in [0.4, 0.5) is 0 Å². The molecule has 0 saturated heterocycles. The van der Waals surface area contributed by atoms with Crippen molar-refractivity contribution in [3.05, 3.63) is 77.0 Å². The molecule has 0 atom stereocenters. The molecular weight excluding hydrogens is 370 g/mol. The Bertz CT molecular complexity index is 1210. The summed E-state index contributed by atoms with van der Waals surface area (Å²) in [7, 11) is 0. The van der Waals surface area contributed by atoms with Crippen molar-refractivity contribution in [3.8, 4) is 17.3 Å². The van der Waals surface area contributed by atoms with E-state index < -0.39 is 0 Å². The molecule has 0 bridgehead atoms. The molecule has 4 rings (SSSR count). The minimum absolute atomic E-state index is 0.0967. The number of hydrogen-bond acceptors (Lipinski definition) is 5. The van der Waals surface area contributed by atoms with Crippen LogP contribution in [0.1, 0.15) is 12.0 Å². The summed E-state index contributed by atoms with van der Waals surface area (Å²) in [5.41, 5.74) is 3.92. The van der Waals surface area contributed by atoms with Gasteiger partial charge in [0.2, 0.25) is 0 Å². The summed E-state index contributed by atoms with van der Waals surface area (Å²) < 4.78 is 1.75. The molecule has 4 aromatic rings. The Morgan fingerprint density at radius 1 is 1.14 bits per heavy atom. The van der Waals surface area contributed by atoms with Gasteiger partial charge < -0.3 is 4.98 Å². The molecule has 0 spiro atoms. The number of pyridine rings is 2. The lowest BCUT2D eigenvalue weighted by Gasteiger charge is -2.07. The fraction of sp³-hybridized carbons (Fsp3) is 0.143. The van der Waals surface area contributed by atoms with Crippen LogP contribution in [0.15, 0.2) is 70.7 Å². The molecule has 0 aliphatic carbocycles. The molecule has 1 N–H and O–H groups in total. The number of aryl methyl sites for hydroxylation is 1. The van der Waals surface area contributed by atoms with Crippen molar-refractivity contribution in [1.29, 1.82) is 5.26 Å². The summed E-state index contributed by atoms with van der Waals surface area (Å²) in [5, 5.41) is 10.1. The maximum Gasteiger partial charge on any atom is 0.326 e. The summed E-state index contributed by atoms with van der Waals surface area (Å²) in [6, 6.07) is 17.3. The smallest absolute Gasteiger partial charge is 0.306 e. The summed E-state index contributed by atoms with van der Waals surface area (Å²) in [6.07, 6.45) is 4.26. The van der Waals surface area contributed by atoms with Gasteiger partial charge in [0, 0.05) is 30.3 Å². The van der Waals surface area contributed by atoms with E-state index in [2.05, 4.69) is 21.0 Å². The SMILES string of the molecule is N#Cc1ccc(-c2cccnc2)nc1SCCCn1c(=O)[nH]c2ccccc21. The predicted octanol–water partition coefficient (Wildman–Crippen LogP) is 3.84. The Morgan fingerprint density at radius 3 is 2.86 bits per heavy atom. The highest BCUT2D eigenvalue weighted by Crippen LogP contribution is 2.25. The summed E-state index contributed by atoms with van der Waals surface area (Å²) in [4.78, 5) is 23.8. The Labute approximate surface area is 165 Å². The zero-order chi connectivity index (χ0) is 19.3. The molecule has 0 saturated carbocycles. The summed E-state index contributed by atoms with van der Waals surface area (Å²) in [6.45, 7) is 0.611. The van der Waals surface area contributed by atoms with Gasteiger partial charge in [-0.15, -0.1) is 11.8 Å². The number of para-hydroxylation sites is 2. The quantitative estimate of drug-likeness (QED) is 0.401. The number of nitrogens with one attached hydrogen (secondary N) is 1. The van der Waals surface area contributed by atoms with E-state index in [9.17, 15) is 10.1 Å². The number of thioether (sulfide) groups is 1. The van der Waals surface area contributed by atoms with E-state index in [1.165, 1.54) is 11.8 Å². The van der Waals surface area contributed by atoms with E-state index in [0.29, 0.717) is 17.1 Å². The minimum Gasteiger partial charge on any atom is -0.306 e. The average Bonchev–Trinajstić information content (AvgIpc) is 3.06. The Morgan fingerprint density at radius 2 is 2.04 bits per heavy atom. The topological polar surface area (TPSA) is 87.4 Å². The molecule has 7 heteroatoms. The van der Waals surface area contributed by atoms with Gasteiger partial charge in [-0.1, -0.05) is 12.1 Å². The van der Waals surface area contributed by atoms with Gasteiger partial charge in [0.05, 0.1) is 22.3 Å². The van der Waals surface area contributed by atoms with Crippen LogP contribution in [-0.2, 0) is 6.54 Å². The number of aromatic nitrogens is 4. The lowest BCUT2D eigenvalue weighted by Crippen LogP contribution is -2.17. The van der Waals surface area contributed by atoms with Crippen LogP contribution < -0.4 is 5.69 Å². The molecule has 0 aliphatic rings. The van der Waals surface area contributed by atoms with Gasteiger partial charge in [-0.2, -0.15) is 5.26 Å². The number of fused-ring (bicyclic) bond motifs is 1. The van der Waals surface area contributed by atoms with Crippen LogP contribution in [-0.4, -0.2) is 25.3 Å². The average molecular weight is 387 g/mol. The van der Waals surface area contributed by atoms with Gasteiger partial charge in [-0.25, -0.2) is 9.78 Å². The Balaban J connectivity index is 1.47. The summed E-state index contributed by atoms with van der Waals surface area (Å²) in [5.74, 6) is 0.754. The molecule has 6 nitrogen and oxygen atoms in total. The van der Waals surface area contributed by atoms with Crippen molar-refractivity contribution in [2.24, 2.45) is 0 Å². The van der Waals surface area contributed by atoms with Gasteiger partial charge >= 0.3 is 5.69 Å². The fourth-order valence-electron chi connectivity index (χ4n) is 3.03. The molecule has 3 aromatic heterocycles. The van der Waals surface area contributed by atoms with Crippen LogP contribution in [0.25, 0.3) is 22.3 Å². The normalized spacial score (nSPS) is 10.8. The minimum atomic E-state index is -0.0967. The molecule has 0 aliphatic heterocycles. The molecule has 138 valence electrons. The highest BCUT2D eigenvalue weighted by molar-refractivity contribution is 7.99. The first-order valence-electron chi connectivity index (χ1n) is 8.88. The molecule has 0 fully saturated rings. The Hall–Kier alpha value is -3.37. The zero-order valence-corrected chi connectivity index (χ0v) is 15.8. The standard InChI is InChI=1S/C21H17N5OS/c22-13-15-8-9-17(16-5-3-10-23-14-16)24-20(15)28-12-4-11-26-19-7-2-1-6-18(19)25-21(26)27/h1-3,5-10,14H,4,11-12H2,(H,25,27). The van der Waals surface area contributed by atoms with Gasteiger partial charge in [0.1, 0.15) is 11.1 Å². The number of rotatable bonds is 6. The van der Waals surface area contributed by atoms with Crippen molar-refractivity contribution in [3.63, 3.8) is 0 Å². The Kier molecular flexibility index (Phi) is 5.22. The lowest BCUT2D eigenvalue weighted by atomic mass is 10.2. The van der Waals surface area contributed by atoms with Crippen LogP contribution in [0.3, 0.4) is 0 Å². The first kappa shape index (κ1) is 18.0. The van der Waals surface area contributed by atoms with Gasteiger partial charge in [0.15, 0.2) is 0 Å². The van der Waals surface area contributed by atoms with E-state index >= 15 is 0 Å². The third kappa shape index (κ3) is 3.68. The second-order valence-electron chi connectivity index (χ2n) is 6.20. The first-order chi connectivity index (χ1) is 13.8. The van der Waals surface area contributed by atoms with Crippen molar-refractivity contribution in [2.75, 3.05) is 5.75 Å². The third-order valence-electron chi connectivity index (χ3n) is 4.38. The molecule has 0 unspecified atom stereocenters. The van der Waals surface area contributed by atoms with Crippen molar-refractivity contribution in [2.45, 2.75) is 18.0 Å². The number of H-pyrrole nitrogens is 1. The molecule has 0 radical (unpaired) electrons. The van der Waals surface area contributed by atoms with Gasteiger partial charge in [-0.05, 0) is 42.8 Å². The summed E-state index contributed by atoms with van der Waals surface area (Å²) >= 11 is 1.53. The maximum absolute atomic E-state index is 12.1. The highest BCUT2D eigenvalue weighted by atomic mass is 32.2. The highest BCUT2D eigenvalue weighted by Gasteiger charge is 2.09. The number of benzene rings is 1. The monoisotopic (exact) mass is 387 g/mol. The van der Waals surface area contributed by atoms with Crippen LogP contribution in [0, 0.1) is 11.3 Å². The number of hydrogen-bond donors (Lipinski definition) is 1. The number of aromatic amines is 1. The molecule has 3 heterocycles. The van der Waals surface area contributed by atoms with Gasteiger partial charge in [0.25, 0.3) is 0 Å². The fourth-order valence-corrected chi connectivity index (χ4v) is 3.93. The lowest BCUT2D eigenvalue weighted by molar-refractivity contribution is 0.679. The van der Waals surface area contributed by atoms with Crippen LogP contribution in [0.5, 0.6) is 0 Å². The molecule has 28 heavy (non-hydrogen) atoms. The van der Waals surface area contributed by atoms with E-state index in [1.807, 2.05) is 42.5 Å². The van der Waals surface area contributed by atoms with E-state index in [0.717, 1.165) is 34.5 Å². The van der Waals surface area contributed by atoms with Crippen molar-refractivity contribution in [1.82, 2.24) is 19.5 Å². The third-order valence-corrected chi connectivity index (χ3v) is 5.46. The van der Waals surface area contributed by atoms with Gasteiger partial charge in [-0.3, -0.25) is 9.55 Å². The van der Waals surface area contributed by atoms with Crippen LogP contribution in [0.2, 0.25) is 0 Å². The second-order valence-corrected chi connectivity index (χ2v) is 7.29. The van der Waals surface area contributed by atoms with Crippen LogP contribution >= 0.6 is 11.8 Å². The molecule has 1 aromatic carbocycles. The number of imidazole rings is 1. The van der Waals surface area contributed by atoms with Crippen molar-refractivity contribution >= 4 is 22.8 Å². The van der Waals surface area contributed by atoms with E-state index in [1.54, 1.807) is 23.0 Å². The predicted molar refractivity (Wildman–Crippen MR) is 110 cm³/mol.